The van der Waals surface area contributed by atoms with E-state index in [1.54, 1.807) is 0 Å². The van der Waals surface area contributed by atoms with Crippen LogP contribution in [-0.2, 0) is 17.8 Å². The third-order valence-corrected chi connectivity index (χ3v) is 3.36. The Balaban J connectivity index is 1.94. The largest absolute Gasteiger partial charge is 0.378 e. The number of fused-ring (bicyclic) bond motifs is 1. The standard InChI is InChI=1S/C10H16N4O/c1-7-8(2-5-15-7)10-13-12-9-6-11-3-4-14(9)10/h7-8,11H,2-6H2,1H3. The third kappa shape index (κ3) is 1.46. The molecule has 1 aromatic heterocycles. The molecule has 1 fully saturated rings. The lowest BCUT2D eigenvalue weighted by atomic mass is 10.0. The van der Waals surface area contributed by atoms with Crippen molar-refractivity contribution in [3.63, 3.8) is 0 Å². The molecule has 0 radical (unpaired) electrons. The maximum Gasteiger partial charge on any atom is 0.147 e. The van der Waals surface area contributed by atoms with Gasteiger partial charge in [-0.15, -0.1) is 10.2 Å². The normalized spacial score (nSPS) is 30.5. The minimum atomic E-state index is 0.285. The van der Waals surface area contributed by atoms with Gasteiger partial charge in [-0.2, -0.15) is 0 Å². The van der Waals surface area contributed by atoms with Gasteiger partial charge in [0.05, 0.1) is 12.6 Å². The molecule has 0 amide bonds. The summed E-state index contributed by atoms with van der Waals surface area (Å²) in [7, 11) is 0. The van der Waals surface area contributed by atoms with Crippen LogP contribution < -0.4 is 5.32 Å². The third-order valence-electron chi connectivity index (χ3n) is 3.36. The lowest BCUT2D eigenvalue weighted by Gasteiger charge is -2.19. The van der Waals surface area contributed by atoms with Crippen LogP contribution in [0.1, 0.15) is 30.9 Å². The van der Waals surface area contributed by atoms with E-state index in [1.165, 1.54) is 0 Å². The smallest absolute Gasteiger partial charge is 0.147 e. The van der Waals surface area contributed by atoms with E-state index in [9.17, 15) is 0 Å². The number of aromatic nitrogens is 3. The molecule has 2 aliphatic heterocycles. The SMILES string of the molecule is CC1OCCC1c1nnc2n1CCNC2. The van der Waals surface area contributed by atoms with Crippen molar-refractivity contribution < 1.29 is 4.74 Å². The summed E-state index contributed by atoms with van der Waals surface area (Å²) in [6, 6.07) is 0. The van der Waals surface area contributed by atoms with Crippen LogP contribution in [0.2, 0.25) is 0 Å². The predicted octanol–water partition coefficient (Wildman–Crippen LogP) is 0.274. The fourth-order valence-corrected chi connectivity index (χ4v) is 2.46. The Hall–Kier alpha value is -0.940. The molecule has 1 saturated heterocycles. The molecule has 1 N–H and O–H groups in total. The Labute approximate surface area is 88.8 Å². The quantitative estimate of drug-likeness (QED) is 0.720. The first-order valence-electron chi connectivity index (χ1n) is 5.60. The molecule has 0 bridgehead atoms. The van der Waals surface area contributed by atoms with Crippen molar-refractivity contribution in [2.75, 3.05) is 13.2 Å². The van der Waals surface area contributed by atoms with Gasteiger partial charge in [-0.25, -0.2) is 0 Å². The number of nitrogens with one attached hydrogen (secondary N) is 1. The molecule has 2 aliphatic rings. The highest BCUT2D eigenvalue weighted by Crippen LogP contribution is 2.30. The van der Waals surface area contributed by atoms with Crippen LogP contribution in [0, 0.1) is 0 Å². The molecule has 5 heteroatoms. The number of ether oxygens (including phenoxy) is 1. The molecule has 0 saturated carbocycles. The van der Waals surface area contributed by atoms with E-state index in [-0.39, 0.29) is 6.10 Å². The Kier molecular flexibility index (Phi) is 2.21. The zero-order valence-corrected chi connectivity index (χ0v) is 8.94. The molecule has 0 aliphatic carbocycles. The average Bonchev–Trinajstić information content (AvgIpc) is 2.83. The maximum atomic E-state index is 5.58. The van der Waals surface area contributed by atoms with Crippen molar-refractivity contribution in [2.45, 2.75) is 38.5 Å². The summed E-state index contributed by atoms with van der Waals surface area (Å²) in [6.07, 6.45) is 1.36. The van der Waals surface area contributed by atoms with E-state index < -0.39 is 0 Å². The minimum Gasteiger partial charge on any atom is -0.378 e. The van der Waals surface area contributed by atoms with Crippen molar-refractivity contribution in [2.24, 2.45) is 0 Å². The van der Waals surface area contributed by atoms with Crippen LogP contribution in [0.3, 0.4) is 0 Å². The molecule has 15 heavy (non-hydrogen) atoms. The van der Waals surface area contributed by atoms with E-state index in [2.05, 4.69) is 27.0 Å². The summed E-state index contributed by atoms with van der Waals surface area (Å²) in [6.45, 7) is 5.82. The van der Waals surface area contributed by atoms with E-state index in [0.29, 0.717) is 5.92 Å². The van der Waals surface area contributed by atoms with Gasteiger partial charge < -0.3 is 14.6 Å². The van der Waals surface area contributed by atoms with Gasteiger partial charge in [-0.05, 0) is 13.3 Å². The Morgan fingerprint density at radius 1 is 1.47 bits per heavy atom. The van der Waals surface area contributed by atoms with E-state index in [0.717, 1.165) is 44.3 Å². The van der Waals surface area contributed by atoms with Gasteiger partial charge >= 0.3 is 0 Å². The summed E-state index contributed by atoms with van der Waals surface area (Å²) >= 11 is 0. The molecular formula is C10H16N4O. The Bertz CT molecular complexity index is 362. The summed E-state index contributed by atoms with van der Waals surface area (Å²) in [5.41, 5.74) is 0. The molecule has 0 aromatic carbocycles. The summed E-state index contributed by atoms with van der Waals surface area (Å²) < 4.78 is 7.84. The lowest BCUT2D eigenvalue weighted by molar-refractivity contribution is 0.116. The molecule has 0 spiro atoms. The van der Waals surface area contributed by atoms with Crippen molar-refractivity contribution in [1.82, 2.24) is 20.1 Å². The molecule has 82 valence electrons. The van der Waals surface area contributed by atoms with Crippen molar-refractivity contribution >= 4 is 0 Å². The van der Waals surface area contributed by atoms with Crippen molar-refractivity contribution in [3.8, 4) is 0 Å². The van der Waals surface area contributed by atoms with Crippen LogP contribution >= 0.6 is 0 Å². The van der Waals surface area contributed by atoms with Crippen LogP contribution in [0.4, 0.5) is 0 Å². The second-order valence-electron chi connectivity index (χ2n) is 4.27. The number of hydrogen-bond acceptors (Lipinski definition) is 4. The van der Waals surface area contributed by atoms with E-state index in [4.69, 9.17) is 4.74 Å². The van der Waals surface area contributed by atoms with Crippen LogP contribution in [0.15, 0.2) is 0 Å². The average molecular weight is 208 g/mol. The van der Waals surface area contributed by atoms with Crippen molar-refractivity contribution in [3.05, 3.63) is 11.6 Å². The highest BCUT2D eigenvalue weighted by molar-refractivity contribution is 5.07. The molecule has 2 unspecified atom stereocenters. The fraction of sp³-hybridized carbons (Fsp3) is 0.800. The van der Waals surface area contributed by atoms with E-state index >= 15 is 0 Å². The van der Waals surface area contributed by atoms with Crippen molar-refractivity contribution in [1.29, 1.82) is 0 Å². The zero-order chi connectivity index (χ0) is 10.3. The van der Waals surface area contributed by atoms with E-state index in [1.807, 2.05) is 0 Å². The molecule has 5 nitrogen and oxygen atoms in total. The number of rotatable bonds is 1. The molecule has 2 atom stereocenters. The zero-order valence-electron chi connectivity index (χ0n) is 8.94. The molecule has 3 rings (SSSR count). The van der Waals surface area contributed by atoms with Gasteiger partial charge in [0.1, 0.15) is 11.6 Å². The monoisotopic (exact) mass is 208 g/mol. The lowest BCUT2D eigenvalue weighted by Crippen LogP contribution is -2.30. The topological polar surface area (TPSA) is 52.0 Å². The first-order valence-corrected chi connectivity index (χ1v) is 5.60. The van der Waals surface area contributed by atoms with Gasteiger partial charge in [-0.1, -0.05) is 0 Å². The summed E-state index contributed by atoms with van der Waals surface area (Å²) in [5.74, 6) is 2.62. The highest BCUT2D eigenvalue weighted by atomic mass is 16.5. The second kappa shape index (κ2) is 3.57. The Morgan fingerprint density at radius 2 is 2.40 bits per heavy atom. The van der Waals surface area contributed by atoms with Crippen LogP contribution in [0.5, 0.6) is 0 Å². The van der Waals surface area contributed by atoms with Gasteiger partial charge in [0.2, 0.25) is 0 Å². The first-order chi connectivity index (χ1) is 7.36. The number of nitrogens with zero attached hydrogens (tertiary/aromatic N) is 3. The van der Waals surface area contributed by atoms with Crippen LogP contribution in [0.25, 0.3) is 0 Å². The molecule has 3 heterocycles. The maximum absolute atomic E-state index is 5.58. The van der Waals surface area contributed by atoms with Gasteiger partial charge in [0, 0.05) is 25.6 Å². The molecule has 1 aromatic rings. The first kappa shape index (κ1) is 9.30. The number of hydrogen-bond donors (Lipinski definition) is 1. The minimum absolute atomic E-state index is 0.285. The van der Waals surface area contributed by atoms with Crippen LogP contribution in [-0.4, -0.2) is 34.0 Å². The second-order valence-corrected chi connectivity index (χ2v) is 4.27. The van der Waals surface area contributed by atoms with Gasteiger partial charge in [0.25, 0.3) is 0 Å². The summed E-state index contributed by atoms with van der Waals surface area (Å²) in [4.78, 5) is 0. The Morgan fingerprint density at radius 3 is 3.20 bits per heavy atom. The highest BCUT2D eigenvalue weighted by Gasteiger charge is 2.31. The van der Waals surface area contributed by atoms with Gasteiger partial charge in [0.15, 0.2) is 0 Å². The van der Waals surface area contributed by atoms with Gasteiger partial charge in [-0.3, -0.25) is 0 Å². The summed E-state index contributed by atoms with van der Waals surface area (Å²) in [5, 5.41) is 11.9. The molecular weight excluding hydrogens is 192 g/mol. The predicted molar refractivity (Wildman–Crippen MR) is 54.5 cm³/mol. The fourth-order valence-electron chi connectivity index (χ4n) is 2.46.